The van der Waals surface area contributed by atoms with Gasteiger partial charge < -0.3 is 15.2 Å². The molecule has 1 N–H and O–H groups in total. The fraction of sp³-hybridized carbons (Fsp3) is 0.0833. The SMILES string of the molecule is Cc1ccc(N2C(=O)c3ccc(C(=O)Nc4ccccc4C(=O)[O-])cc3C2=O)c(C)c1. The molecule has 7 nitrogen and oxygen atoms in total. The van der Waals surface area contributed by atoms with Crippen LogP contribution >= 0.6 is 0 Å². The summed E-state index contributed by atoms with van der Waals surface area (Å²) in [5.41, 5.74) is 2.64. The van der Waals surface area contributed by atoms with Crippen molar-refractivity contribution in [2.45, 2.75) is 13.8 Å². The average Bonchev–Trinajstić information content (AvgIpc) is 2.98. The van der Waals surface area contributed by atoms with Crippen LogP contribution in [0.4, 0.5) is 11.4 Å². The number of carboxylic acid groups (broad SMARTS) is 1. The van der Waals surface area contributed by atoms with Crippen molar-refractivity contribution in [1.82, 2.24) is 0 Å². The lowest BCUT2D eigenvalue weighted by molar-refractivity contribution is -0.254. The van der Waals surface area contributed by atoms with Gasteiger partial charge in [-0.15, -0.1) is 0 Å². The zero-order valence-electron chi connectivity index (χ0n) is 16.8. The number of imide groups is 1. The maximum Gasteiger partial charge on any atom is 0.266 e. The van der Waals surface area contributed by atoms with Gasteiger partial charge >= 0.3 is 0 Å². The van der Waals surface area contributed by atoms with E-state index in [1.807, 2.05) is 26.0 Å². The van der Waals surface area contributed by atoms with E-state index >= 15 is 0 Å². The molecule has 0 spiro atoms. The van der Waals surface area contributed by atoms with Gasteiger partial charge in [-0.1, -0.05) is 35.9 Å². The summed E-state index contributed by atoms with van der Waals surface area (Å²) in [4.78, 5) is 50.9. The second kappa shape index (κ2) is 7.53. The highest BCUT2D eigenvalue weighted by Gasteiger charge is 2.37. The van der Waals surface area contributed by atoms with Gasteiger partial charge in [0.25, 0.3) is 17.7 Å². The Hall–Kier alpha value is -4.26. The number of carbonyl (C=O) groups excluding carboxylic acids is 4. The number of amides is 3. The molecule has 7 heteroatoms. The fourth-order valence-electron chi connectivity index (χ4n) is 3.62. The molecule has 31 heavy (non-hydrogen) atoms. The van der Waals surface area contributed by atoms with Crippen molar-refractivity contribution in [1.29, 1.82) is 0 Å². The Balaban J connectivity index is 1.66. The topological polar surface area (TPSA) is 107 Å². The number of hydrogen-bond donors (Lipinski definition) is 1. The van der Waals surface area contributed by atoms with Gasteiger partial charge in [-0.05, 0) is 49.7 Å². The zero-order valence-corrected chi connectivity index (χ0v) is 16.8. The van der Waals surface area contributed by atoms with Crippen molar-refractivity contribution in [3.63, 3.8) is 0 Å². The minimum atomic E-state index is -1.42. The van der Waals surface area contributed by atoms with Gasteiger partial charge in [-0.3, -0.25) is 14.4 Å². The lowest BCUT2D eigenvalue weighted by Gasteiger charge is -2.16. The van der Waals surface area contributed by atoms with Crippen molar-refractivity contribution < 1.29 is 24.3 Å². The Kier molecular flexibility index (Phi) is 4.87. The first-order valence-corrected chi connectivity index (χ1v) is 9.49. The molecular weight excluding hydrogens is 396 g/mol. The Bertz CT molecular complexity index is 1280. The Morgan fingerprint density at radius 1 is 0.871 bits per heavy atom. The molecule has 0 radical (unpaired) electrons. The van der Waals surface area contributed by atoms with Gasteiger partial charge in [0.15, 0.2) is 0 Å². The van der Waals surface area contributed by atoms with E-state index in [4.69, 9.17) is 0 Å². The normalized spacial score (nSPS) is 12.6. The molecule has 3 aromatic rings. The highest BCUT2D eigenvalue weighted by Crippen LogP contribution is 2.31. The lowest BCUT2D eigenvalue weighted by Crippen LogP contribution is -2.30. The molecule has 3 aromatic carbocycles. The van der Waals surface area contributed by atoms with Gasteiger partial charge in [0, 0.05) is 11.1 Å². The van der Waals surface area contributed by atoms with Crippen molar-refractivity contribution in [2.75, 3.05) is 10.2 Å². The summed E-state index contributed by atoms with van der Waals surface area (Å²) in [5.74, 6) is -3.01. The van der Waals surface area contributed by atoms with Crippen molar-refractivity contribution in [3.05, 3.63) is 94.0 Å². The minimum absolute atomic E-state index is 0.0762. The predicted octanol–water partition coefficient (Wildman–Crippen LogP) is 2.72. The number of carboxylic acids is 1. The number of rotatable bonds is 4. The molecule has 0 fully saturated rings. The minimum Gasteiger partial charge on any atom is -0.545 e. The monoisotopic (exact) mass is 413 g/mol. The van der Waals surface area contributed by atoms with Crippen LogP contribution in [0.5, 0.6) is 0 Å². The standard InChI is InChI=1S/C24H18N2O5/c1-13-7-10-20(14(2)11-13)26-22(28)16-9-8-15(12-18(16)23(26)29)21(27)25-19-6-4-3-5-17(19)24(30)31/h3-12H,1-2H3,(H,25,27)(H,30,31)/p-1. The van der Waals surface area contributed by atoms with E-state index in [-0.39, 0.29) is 27.9 Å². The quantitative estimate of drug-likeness (QED) is 0.662. The summed E-state index contributed by atoms with van der Waals surface area (Å²) in [6.45, 7) is 3.74. The lowest BCUT2D eigenvalue weighted by atomic mass is 10.0. The van der Waals surface area contributed by atoms with Gasteiger partial charge in [0.05, 0.1) is 28.5 Å². The summed E-state index contributed by atoms with van der Waals surface area (Å²) in [6.07, 6.45) is 0. The number of fused-ring (bicyclic) bond motifs is 1. The number of carbonyl (C=O) groups is 4. The van der Waals surface area contributed by atoms with Gasteiger partial charge in [0.2, 0.25) is 0 Å². The summed E-state index contributed by atoms with van der Waals surface area (Å²) >= 11 is 0. The zero-order chi connectivity index (χ0) is 22.3. The molecule has 3 amide bonds. The molecule has 1 aliphatic heterocycles. The van der Waals surface area contributed by atoms with Crippen LogP contribution in [0.1, 0.15) is 52.6 Å². The number of nitrogens with zero attached hydrogens (tertiary/aromatic N) is 1. The molecule has 1 heterocycles. The number of aryl methyl sites for hydroxylation is 2. The Labute approximate surface area is 177 Å². The van der Waals surface area contributed by atoms with E-state index in [1.165, 1.54) is 36.4 Å². The van der Waals surface area contributed by atoms with E-state index in [2.05, 4.69) is 5.32 Å². The summed E-state index contributed by atoms with van der Waals surface area (Å²) in [5, 5.41) is 13.8. The van der Waals surface area contributed by atoms with Crippen LogP contribution in [0.15, 0.2) is 60.7 Å². The van der Waals surface area contributed by atoms with E-state index in [1.54, 1.807) is 12.1 Å². The molecule has 4 rings (SSSR count). The van der Waals surface area contributed by atoms with E-state index in [0.717, 1.165) is 16.0 Å². The van der Waals surface area contributed by atoms with Crippen LogP contribution in [-0.4, -0.2) is 23.7 Å². The fourth-order valence-corrected chi connectivity index (χ4v) is 3.62. The van der Waals surface area contributed by atoms with Crippen LogP contribution < -0.4 is 15.3 Å². The highest BCUT2D eigenvalue weighted by molar-refractivity contribution is 6.35. The number of para-hydroxylation sites is 1. The molecule has 0 aromatic heterocycles. The smallest absolute Gasteiger partial charge is 0.266 e. The molecular formula is C24H17N2O5-. The van der Waals surface area contributed by atoms with Crippen LogP contribution in [-0.2, 0) is 0 Å². The maximum atomic E-state index is 13.0. The van der Waals surface area contributed by atoms with E-state index in [0.29, 0.717) is 5.69 Å². The summed E-state index contributed by atoms with van der Waals surface area (Å²) < 4.78 is 0. The van der Waals surface area contributed by atoms with Crippen molar-refractivity contribution >= 4 is 35.1 Å². The third kappa shape index (κ3) is 3.46. The largest absolute Gasteiger partial charge is 0.545 e. The molecule has 0 saturated carbocycles. The van der Waals surface area contributed by atoms with Gasteiger partial charge in [-0.2, -0.15) is 0 Å². The van der Waals surface area contributed by atoms with Crippen molar-refractivity contribution in [3.8, 4) is 0 Å². The average molecular weight is 413 g/mol. The van der Waals surface area contributed by atoms with Crippen LogP contribution in [0.25, 0.3) is 0 Å². The number of benzene rings is 3. The maximum absolute atomic E-state index is 13.0. The molecule has 0 atom stereocenters. The molecule has 0 saturated heterocycles. The summed E-state index contributed by atoms with van der Waals surface area (Å²) in [7, 11) is 0. The van der Waals surface area contributed by atoms with Crippen LogP contribution in [0.3, 0.4) is 0 Å². The molecule has 0 unspecified atom stereocenters. The molecule has 0 aliphatic carbocycles. The number of aromatic carboxylic acids is 1. The number of nitrogens with one attached hydrogen (secondary N) is 1. The first-order valence-electron chi connectivity index (χ1n) is 9.49. The second-order valence-electron chi connectivity index (χ2n) is 7.28. The Morgan fingerprint density at radius 3 is 2.29 bits per heavy atom. The third-order valence-electron chi connectivity index (χ3n) is 5.14. The first kappa shape index (κ1) is 20.0. The Morgan fingerprint density at radius 2 is 1.58 bits per heavy atom. The number of hydrogen-bond acceptors (Lipinski definition) is 5. The first-order chi connectivity index (χ1) is 14.8. The van der Waals surface area contributed by atoms with Crippen molar-refractivity contribution in [2.24, 2.45) is 0 Å². The predicted molar refractivity (Wildman–Crippen MR) is 112 cm³/mol. The molecule has 154 valence electrons. The second-order valence-corrected chi connectivity index (χ2v) is 7.28. The van der Waals surface area contributed by atoms with E-state index in [9.17, 15) is 24.3 Å². The number of anilines is 2. The van der Waals surface area contributed by atoms with Crippen LogP contribution in [0.2, 0.25) is 0 Å². The van der Waals surface area contributed by atoms with Crippen LogP contribution in [0, 0.1) is 13.8 Å². The summed E-state index contributed by atoms with van der Waals surface area (Å²) in [6, 6.07) is 15.5. The highest BCUT2D eigenvalue weighted by atomic mass is 16.4. The molecule has 1 aliphatic rings. The van der Waals surface area contributed by atoms with E-state index < -0.39 is 23.7 Å². The van der Waals surface area contributed by atoms with Gasteiger partial charge in [0.1, 0.15) is 0 Å². The molecule has 0 bridgehead atoms. The third-order valence-corrected chi connectivity index (χ3v) is 5.14. The van der Waals surface area contributed by atoms with Gasteiger partial charge in [-0.25, -0.2) is 4.90 Å².